The van der Waals surface area contributed by atoms with Gasteiger partial charge in [0.1, 0.15) is 0 Å². The van der Waals surface area contributed by atoms with Gasteiger partial charge in [-0.2, -0.15) is 4.98 Å². The van der Waals surface area contributed by atoms with E-state index < -0.39 is 0 Å². The zero-order valence-electron chi connectivity index (χ0n) is 14.0. The average Bonchev–Trinajstić information content (AvgIpc) is 3.17. The topological polar surface area (TPSA) is 71.3 Å². The zero-order chi connectivity index (χ0) is 16.6. The molecule has 2 aromatic heterocycles. The summed E-state index contributed by atoms with van der Waals surface area (Å²) in [6.45, 7) is 9.24. The molecule has 23 heavy (non-hydrogen) atoms. The molecular weight excluding hydrogens is 312 g/mol. The van der Waals surface area contributed by atoms with Gasteiger partial charge in [0.15, 0.2) is 5.82 Å². The summed E-state index contributed by atoms with van der Waals surface area (Å²) in [5, 5.41) is 8.02. The van der Waals surface area contributed by atoms with E-state index in [0.29, 0.717) is 18.3 Å². The highest BCUT2D eigenvalue weighted by atomic mass is 32.1. The molecule has 1 N–H and O–H groups in total. The number of hydrogen-bond acceptors (Lipinski definition) is 6. The third-order valence-corrected chi connectivity index (χ3v) is 5.72. The van der Waals surface area contributed by atoms with Gasteiger partial charge in [0.25, 0.3) is 0 Å². The minimum absolute atomic E-state index is 0.0152. The van der Waals surface area contributed by atoms with Gasteiger partial charge < -0.3 is 9.84 Å². The first-order chi connectivity index (χ1) is 11.0. The Morgan fingerprint density at radius 3 is 2.74 bits per heavy atom. The highest BCUT2D eigenvalue weighted by Crippen LogP contribution is 2.32. The summed E-state index contributed by atoms with van der Waals surface area (Å²) in [6.07, 6.45) is 2.00. The number of amides is 1. The molecule has 1 aliphatic heterocycles. The monoisotopic (exact) mass is 334 g/mol. The lowest BCUT2D eigenvalue weighted by atomic mass is 10.2. The van der Waals surface area contributed by atoms with E-state index in [-0.39, 0.29) is 11.9 Å². The van der Waals surface area contributed by atoms with E-state index in [1.807, 2.05) is 0 Å². The minimum atomic E-state index is 0.0152. The predicted octanol–water partition coefficient (Wildman–Crippen LogP) is 3.14. The molecule has 1 fully saturated rings. The number of rotatable bonds is 4. The normalized spacial score (nSPS) is 18.5. The van der Waals surface area contributed by atoms with Crippen LogP contribution < -0.4 is 5.32 Å². The second-order valence-electron chi connectivity index (χ2n) is 6.09. The van der Waals surface area contributed by atoms with Gasteiger partial charge in [-0.05, 0) is 51.3 Å². The van der Waals surface area contributed by atoms with Crippen LogP contribution in [-0.4, -0.2) is 34.0 Å². The van der Waals surface area contributed by atoms with Crippen LogP contribution in [0.2, 0.25) is 0 Å². The van der Waals surface area contributed by atoms with Crippen molar-refractivity contribution in [1.82, 2.24) is 15.0 Å². The molecule has 0 unspecified atom stereocenters. The van der Waals surface area contributed by atoms with Crippen LogP contribution in [0.4, 0.5) is 5.00 Å². The van der Waals surface area contributed by atoms with Crippen molar-refractivity contribution in [3.8, 4) is 0 Å². The average molecular weight is 334 g/mol. The highest BCUT2D eigenvalue weighted by Gasteiger charge is 2.31. The largest absolute Gasteiger partial charge is 0.340 e. The van der Waals surface area contributed by atoms with Gasteiger partial charge in [0.2, 0.25) is 11.8 Å². The van der Waals surface area contributed by atoms with E-state index in [2.05, 4.69) is 41.1 Å². The van der Waals surface area contributed by atoms with Crippen molar-refractivity contribution in [1.29, 1.82) is 0 Å². The number of carbonyl (C=O) groups is 1. The first kappa shape index (κ1) is 16.1. The van der Waals surface area contributed by atoms with Crippen LogP contribution in [0.25, 0.3) is 0 Å². The fourth-order valence-corrected chi connectivity index (χ4v) is 4.05. The van der Waals surface area contributed by atoms with Gasteiger partial charge in [-0.3, -0.25) is 9.69 Å². The van der Waals surface area contributed by atoms with E-state index in [1.54, 1.807) is 18.3 Å². The number of hydrogen-bond donors (Lipinski definition) is 1. The van der Waals surface area contributed by atoms with Crippen molar-refractivity contribution in [2.45, 2.75) is 46.6 Å². The summed E-state index contributed by atoms with van der Waals surface area (Å²) in [4.78, 5) is 20.1. The van der Waals surface area contributed by atoms with Crippen LogP contribution in [0.3, 0.4) is 0 Å². The van der Waals surface area contributed by atoms with Crippen molar-refractivity contribution >= 4 is 22.2 Å². The Bertz CT molecular complexity index is 722. The summed E-state index contributed by atoms with van der Waals surface area (Å²) in [6, 6.07) is 0.0751. The van der Waals surface area contributed by atoms with Crippen molar-refractivity contribution in [3.63, 3.8) is 0 Å². The summed E-state index contributed by atoms with van der Waals surface area (Å²) >= 11 is 1.64. The molecule has 0 spiro atoms. The lowest BCUT2D eigenvalue weighted by Gasteiger charge is -2.21. The Morgan fingerprint density at radius 1 is 1.35 bits per heavy atom. The molecule has 3 rings (SSSR count). The fraction of sp³-hybridized carbons (Fsp3) is 0.562. The number of nitrogens with zero attached hydrogens (tertiary/aromatic N) is 3. The van der Waals surface area contributed by atoms with Crippen molar-refractivity contribution in [3.05, 3.63) is 27.7 Å². The third kappa shape index (κ3) is 3.30. The second-order valence-corrected chi connectivity index (χ2v) is 7.31. The molecule has 124 valence electrons. The van der Waals surface area contributed by atoms with E-state index in [1.165, 1.54) is 10.4 Å². The van der Waals surface area contributed by atoms with E-state index >= 15 is 0 Å². The Balaban J connectivity index is 1.66. The van der Waals surface area contributed by atoms with Crippen LogP contribution >= 0.6 is 11.3 Å². The van der Waals surface area contributed by atoms with Crippen LogP contribution in [0.5, 0.6) is 0 Å². The molecule has 0 aromatic carbocycles. The molecule has 6 nitrogen and oxygen atoms in total. The predicted molar refractivity (Wildman–Crippen MR) is 89.7 cm³/mol. The van der Waals surface area contributed by atoms with Gasteiger partial charge in [-0.25, -0.2) is 0 Å². The second kappa shape index (κ2) is 6.41. The Labute approximate surface area is 139 Å². The zero-order valence-corrected chi connectivity index (χ0v) is 14.8. The molecule has 0 bridgehead atoms. The van der Waals surface area contributed by atoms with Crippen LogP contribution in [0, 0.1) is 27.7 Å². The van der Waals surface area contributed by atoms with Crippen molar-refractivity contribution in [2.24, 2.45) is 0 Å². The van der Waals surface area contributed by atoms with Crippen molar-refractivity contribution < 1.29 is 9.32 Å². The maximum atomic E-state index is 12.4. The molecule has 1 saturated heterocycles. The molecule has 7 heteroatoms. The lowest BCUT2D eigenvalue weighted by Crippen LogP contribution is -2.33. The molecule has 1 atom stereocenters. The van der Waals surface area contributed by atoms with Gasteiger partial charge in [0.05, 0.1) is 17.6 Å². The van der Waals surface area contributed by atoms with Crippen LogP contribution in [0.15, 0.2) is 4.52 Å². The smallest absolute Gasteiger partial charge is 0.239 e. The molecule has 2 aromatic rings. The standard InChI is InChI=1S/C16H22N4O2S/c1-9-10(2)16(23-11(9)3)18-14(21)8-20-7-5-6-13(20)15-17-12(4)22-19-15/h13H,5-8H2,1-4H3,(H,18,21)/t13-/m1/s1. The van der Waals surface area contributed by atoms with Gasteiger partial charge >= 0.3 is 0 Å². The molecule has 0 saturated carbocycles. The maximum Gasteiger partial charge on any atom is 0.239 e. The summed E-state index contributed by atoms with van der Waals surface area (Å²) in [5.74, 6) is 1.27. The summed E-state index contributed by atoms with van der Waals surface area (Å²) in [7, 11) is 0. The first-order valence-electron chi connectivity index (χ1n) is 7.86. The van der Waals surface area contributed by atoms with Crippen molar-refractivity contribution in [2.75, 3.05) is 18.4 Å². The number of carbonyl (C=O) groups excluding carboxylic acids is 1. The van der Waals surface area contributed by atoms with E-state index in [4.69, 9.17) is 4.52 Å². The Morgan fingerprint density at radius 2 is 2.13 bits per heavy atom. The van der Waals surface area contributed by atoms with Gasteiger partial charge in [0, 0.05) is 11.8 Å². The Kier molecular flexibility index (Phi) is 4.50. The molecular formula is C16H22N4O2S. The minimum Gasteiger partial charge on any atom is -0.340 e. The molecule has 1 amide bonds. The number of aryl methyl sites for hydroxylation is 2. The van der Waals surface area contributed by atoms with Gasteiger partial charge in [-0.1, -0.05) is 5.16 Å². The molecule has 3 heterocycles. The quantitative estimate of drug-likeness (QED) is 0.930. The third-order valence-electron chi connectivity index (χ3n) is 4.49. The van der Waals surface area contributed by atoms with Crippen LogP contribution in [0.1, 0.15) is 46.6 Å². The van der Waals surface area contributed by atoms with Crippen LogP contribution in [-0.2, 0) is 4.79 Å². The maximum absolute atomic E-state index is 12.4. The van der Waals surface area contributed by atoms with E-state index in [9.17, 15) is 4.79 Å². The fourth-order valence-electron chi connectivity index (χ4n) is 2.97. The van der Waals surface area contributed by atoms with E-state index in [0.717, 1.165) is 30.0 Å². The first-order valence-corrected chi connectivity index (χ1v) is 8.68. The SMILES string of the molecule is Cc1nc([C@H]2CCCN2CC(=O)Nc2sc(C)c(C)c2C)no1. The molecule has 0 aliphatic carbocycles. The highest BCUT2D eigenvalue weighted by molar-refractivity contribution is 7.16. The summed E-state index contributed by atoms with van der Waals surface area (Å²) < 4.78 is 5.07. The summed E-state index contributed by atoms with van der Waals surface area (Å²) in [5.41, 5.74) is 2.42. The number of aromatic nitrogens is 2. The van der Waals surface area contributed by atoms with Gasteiger partial charge in [-0.15, -0.1) is 11.3 Å². The Hall–Kier alpha value is -1.73. The number of nitrogens with one attached hydrogen (secondary N) is 1. The molecule has 1 aliphatic rings. The number of likely N-dealkylation sites (tertiary alicyclic amines) is 1. The number of anilines is 1. The lowest BCUT2D eigenvalue weighted by molar-refractivity contribution is -0.117. The molecule has 0 radical (unpaired) electrons. The number of thiophene rings is 1.